The fourth-order valence-corrected chi connectivity index (χ4v) is 11.8. The van der Waals surface area contributed by atoms with E-state index in [0.717, 1.165) is 42.7 Å². The van der Waals surface area contributed by atoms with Gasteiger partial charge in [0.1, 0.15) is 40.9 Å². The van der Waals surface area contributed by atoms with Crippen molar-refractivity contribution in [3.8, 4) is 23.0 Å². The van der Waals surface area contributed by atoms with Gasteiger partial charge in [0.15, 0.2) is 21.3 Å². The number of anilines is 1. The molecular formula is C41H36ClF10N7O7S3. The number of fused-ring (bicyclic) bond motifs is 4. The number of benzene rings is 2. The maximum Gasteiger partial charge on any atom is 0.435 e. The zero-order chi connectivity index (χ0) is 51.5. The summed E-state index contributed by atoms with van der Waals surface area (Å²) in [7, 11) is -13.7. The van der Waals surface area contributed by atoms with Gasteiger partial charge in [-0.25, -0.2) is 39.0 Å². The lowest BCUT2D eigenvalue weighted by Crippen LogP contribution is -2.36. The lowest BCUT2D eigenvalue weighted by Gasteiger charge is -2.23. The highest BCUT2D eigenvalue weighted by Crippen LogP contribution is 2.71. The van der Waals surface area contributed by atoms with Gasteiger partial charge in [0.25, 0.3) is 5.92 Å². The van der Waals surface area contributed by atoms with Crippen molar-refractivity contribution in [1.82, 2.24) is 29.9 Å². The van der Waals surface area contributed by atoms with Crippen molar-refractivity contribution in [3.63, 3.8) is 0 Å². The van der Waals surface area contributed by atoms with Gasteiger partial charge in [0, 0.05) is 40.8 Å². The second-order valence-electron chi connectivity index (χ2n) is 17.2. The second kappa shape index (κ2) is 16.9. The van der Waals surface area contributed by atoms with Gasteiger partial charge in [-0.15, -0.1) is 3.71 Å². The minimum absolute atomic E-state index is 0.180. The molecule has 5 aromatic rings. The summed E-state index contributed by atoms with van der Waals surface area (Å²) in [5.74, 6) is -7.21. The van der Waals surface area contributed by atoms with Gasteiger partial charge in [-0.2, -0.15) is 45.3 Å². The van der Waals surface area contributed by atoms with E-state index in [1.54, 1.807) is 0 Å². The molecule has 1 fully saturated rings. The number of carbonyl (C=O) groups excluding carboxylic acids is 1. The number of rotatable bonds is 12. The van der Waals surface area contributed by atoms with Crippen LogP contribution in [-0.2, 0) is 66.3 Å². The van der Waals surface area contributed by atoms with Crippen molar-refractivity contribution in [3.05, 3.63) is 93.0 Å². The zero-order valence-electron chi connectivity index (χ0n) is 36.4. The molecule has 28 heteroatoms. The van der Waals surface area contributed by atoms with Crippen LogP contribution in [0.25, 0.3) is 22.0 Å². The van der Waals surface area contributed by atoms with E-state index < -0.39 is 164 Å². The van der Waals surface area contributed by atoms with Gasteiger partial charge in [-0.05, 0) is 68.0 Å². The van der Waals surface area contributed by atoms with Crippen LogP contribution in [0.2, 0.25) is 5.02 Å². The molecular weight excluding hydrogens is 1020 g/mol. The third-order valence-corrected chi connectivity index (χ3v) is 17.0. The van der Waals surface area contributed by atoms with Crippen molar-refractivity contribution in [2.24, 2.45) is 11.8 Å². The smallest absolute Gasteiger partial charge is 0.346 e. The average molecular weight is 1060 g/mol. The molecule has 0 bridgehead atoms. The lowest BCUT2D eigenvalue weighted by atomic mass is 9.93. The number of sulfonamides is 2. The quantitative estimate of drug-likeness (QED) is 0.0986. The van der Waals surface area contributed by atoms with Gasteiger partial charge in [0.05, 0.1) is 40.2 Å². The number of halogens is 11. The predicted molar refractivity (Wildman–Crippen MR) is 229 cm³/mol. The first-order valence-electron chi connectivity index (χ1n) is 19.9. The molecule has 2 aliphatic carbocycles. The minimum Gasteiger partial charge on any atom is -0.346 e. The van der Waals surface area contributed by atoms with Gasteiger partial charge in [0.2, 0.25) is 26.0 Å². The average Bonchev–Trinajstić information content (AvgIpc) is 3.38. The summed E-state index contributed by atoms with van der Waals surface area (Å²) in [6.45, 7) is 0.451. The summed E-state index contributed by atoms with van der Waals surface area (Å²) in [6.07, 6.45) is -9.41. The van der Waals surface area contributed by atoms with E-state index in [1.807, 2.05) is 0 Å². The van der Waals surface area contributed by atoms with Gasteiger partial charge >= 0.3 is 12.4 Å². The Labute approximate surface area is 392 Å². The van der Waals surface area contributed by atoms with Crippen LogP contribution in [-0.4, -0.2) is 85.4 Å². The molecule has 0 radical (unpaired) electrons. The molecule has 1 saturated carbocycles. The Morgan fingerprint density at radius 3 is 2.04 bits per heavy atom. The molecule has 0 spiro atoms. The number of sulfone groups is 1. The van der Waals surface area contributed by atoms with Crippen molar-refractivity contribution >= 4 is 64.1 Å². The van der Waals surface area contributed by atoms with Crippen LogP contribution in [0.5, 0.6) is 0 Å². The Bertz CT molecular complexity index is 3330. The van der Waals surface area contributed by atoms with Gasteiger partial charge in [-0.1, -0.05) is 30.5 Å². The summed E-state index contributed by atoms with van der Waals surface area (Å²) in [6, 6.07) is 4.56. The van der Waals surface area contributed by atoms with Crippen LogP contribution < -0.4 is 9.03 Å². The van der Waals surface area contributed by atoms with Crippen molar-refractivity contribution in [2.45, 2.75) is 75.3 Å². The summed E-state index contributed by atoms with van der Waals surface area (Å²) in [5, 5.41) is 8.32. The highest BCUT2D eigenvalue weighted by atomic mass is 35.5. The highest BCUT2D eigenvalue weighted by molar-refractivity contribution is 8.09. The molecule has 0 saturated heterocycles. The maximum absolute atomic E-state index is 15.8. The number of nitrogens with zero attached hydrogens (tertiary/aromatic N) is 6. The maximum atomic E-state index is 15.8. The van der Waals surface area contributed by atoms with Gasteiger partial charge in [-0.3, -0.25) is 14.2 Å². The Balaban J connectivity index is 1.50. The van der Waals surface area contributed by atoms with Crippen LogP contribution in [0, 0.1) is 35.3 Å². The van der Waals surface area contributed by atoms with Crippen LogP contribution in [0.4, 0.5) is 49.7 Å². The number of hydrogen-bond donors (Lipinski definition) is 1. The molecule has 4 atom stereocenters. The molecule has 69 heavy (non-hydrogen) atoms. The van der Waals surface area contributed by atoms with Crippen LogP contribution in [0.15, 0.2) is 42.5 Å². The summed E-state index contributed by atoms with van der Waals surface area (Å²) in [5.41, 5.74) is -6.12. The Morgan fingerprint density at radius 2 is 1.49 bits per heavy atom. The first kappa shape index (κ1) is 51.4. The molecule has 2 unspecified atom stereocenters. The molecule has 1 amide bonds. The van der Waals surface area contributed by atoms with Crippen molar-refractivity contribution < 1.29 is 74.0 Å². The number of alkyl halides is 8. The molecule has 1 N–H and O–H groups in total. The molecule has 7 rings (SSSR count). The molecule has 2 aromatic carbocycles. The molecule has 0 aliphatic heterocycles. The third-order valence-electron chi connectivity index (χ3n) is 11.6. The first-order chi connectivity index (χ1) is 31.4. The minimum atomic E-state index is -5.24. The van der Waals surface area contributed by atoms with E-state index in [-0.39, 0.29) is 29.9 Å². The van der Waals surface area contributed by atoms with E-state index >= 15 is 8.78 Å². The largest absolute Gasteiger partial charge is 0.435 e. The zero-order valence-corrected chi connectivity index (χ0v) is 39.6. The van der Waals surface area contributed by atoms with Crippen molar-refractivity contribution in [1.29, 1.82) is 0 Å². The number of amides is 1. The van der Waals surface area contributed by atoms with Crippen LogP contribution >= 0.6 is 11.6 Å². The second-order valence-corrected chi connectivity index (χ2v) is 24.1. The van der Waals surface area contributed by atoms with Crippen LogP contribution in [0.1, 0.15) is 66.6 Å². The molecule has 14 nitrogen and oxygen atoms in total. The van der Waals surface area contributed by atoms with E-state index in [2.05, 4.69) is 32.3 Å². The van der Waals surface area contributed by atoms with Gasteiger partial charge < -0.3 is 5.32 Å². The molecule has 3 heterocycles. The summed E-state index contributed by atoms with van der Waals surface area (Å²) >= 11 is 6.50. The number of carbonyl (C=O) groups is 1. The summed E-state index contributed by atoms with van der Waals surface area (Å²) < 4.78 is 222. The Kier molecular flexibility index (Phi) is 12.6. The van der Waals surface area contributed by atoms with E-state index in [0.29, 0.717) is 18.6 Å². The predicted octanol–water partition coefficient (Wildman–Crippen LogP) is 7.26. The number of aromatic nitrogens is 5. The Hall–Kier alpha value is -5.46. The normalized spacial score (nSPS) is 18.6. The fraction of sp³-hybridized carbons (Fsp3) is 0.415. The number of pyridine rings is 1. The van der Waals surface area contributed by atoms with Crippen molar-refractivity contribution in [2.75, 3.05) is 22.5 Å². The monoisotopic (exact) mass is 1060 g/mol. The SMILES string of the molecule is C[C@@H]1C2c3c(C(F)(F)F)nn(CC(=O)N[C@@H](Cc4cc(F)cc(F)c4)c4nc(C#CC(C)(C)S(C)(=O)=O)ccc4-c4ccc(Cl)c5c(N(S(C)(=O)=O)S(C)(=O)=O)nn(CC(F)(F)F)c45)c3C(F)(F)C21. The summed E-state index contributed by atoms with van der Waals surface area (Å²) in [4.78, 5) is 18.6. The van der Waals surface area contributed by atoms with E-state index in [4.69, 9.17) is 11.6 Å². The van der Waals surface area contributed by atoms with E-state index in [1.165, 1.54) is 20.8 Å². The number of nitrogens with one attached hydrogen (secondary N) is 1. The first-order valence-corrected chi connectivity index (χ1v) is 25.9. The standard InChI is InChI=1S/C41H36ClF10N7O7S3/c1-19-29-31-35(41(50,51)52)55-57(36(31)40(48,49)32(19)29)17-28(60)54-27(15-20-13-21(43)16-22(44)14-20)33-24(8-7-23(53-33)11-12-38(2,3)67(4,61)62)25-9-10-26(42)30-34(25)58(18-39(45,46)47)56-37(30)59(68(5,63)64)69(6,65)66/h7-10,13-14,16,19,27,29,32H,15,17-18H2,1-6H3,(H,54,60)/t19-,27+,29?,32?/m1/s1. The van der Waals surface area contributed by atoms with E-state index in [9.17, 15) is 65.2 Å². The molecule has 372 valence electrons. The molecule has 3 aromatic heterocycles. The van der Waals surface area contributed by atoms with Crippen LogP contribution in [0.3, 0.4) is 0 Å². The molecule has 2 aliphatic rings. The number of hydrogen-bond acceptors (Lipinski definition) is 10. The lowest BCUT2D eigenvalue weighted by molar-refractivity contribution is -0.143. The topological polar surface area (TPSA) is 183 Å². The third kappa shape index (κ3) is 9.85. The Morgan fingerprint density at radius 1 is 0.899 bits per heavy atom. The highest BCUT2D eigenvalue weighted by Gasteiger charge is 2.72. The fourth-order valence-electron chi connectivity index (χ4n) is 8.44.